The lowest BCUT2D eigenvalue weighted by Gasteiger charge is -2.24. The first-order valence-corrected chi connectivity index (χ1v) is 9.47. The first-order valence-electron chi connectivity index (χ1n) is 9.47. The molecule has 0 N–H and O–H groups in total. The average Bonchev–Trinajstić information content (AvgIpc) is 2.98. The number of hydrogen-bond donors (Lipinski definition) is 0. The molecule has 9 heteroatoms. The van der Waals surface area contributed by atoms with E-state index in [0.717, 1.165) is 0 Å². The van der Waals surface area contributed by atoms with Crippen molar-refractivity contribution in [2.24, 2.45) is 0 Å². The number of carbonyl (C=O) groups excluding carboxylic acids is 1. The molecule has 0 saturated carbocycles. The minimum atomic E-state index is -4.66. The smallest absolute Gasteiger partial charge is 0.354 e. The van der Waals surface area contributed by atoms with Gasteiger partial charge in [-0.2, -0.15) is 13.2 Å². The molecule has 0 atom stereocenters. The second-order valence-electron chi connectivity index (χ2n) is 7.03. The Kier molecular flexibility index (Phi) is 5.27. The molecule has 0 bridgehead atoms. The predicted molar refractivity (Wildman–Crippen MR) is 104 cm³/mol. The molecule has 5 nitrogen and oxygen atoms in total. The van der Waals surface area contributed by atoms with Crippen LogP contribution in [0.2, 0.25) is 0 Å². The van der Waals surface area contributed by atoms with Crippen molar-refractivity contribution in [2.45, 2.75) is 12.6 Å². The number of fused-ring (bicyclic) bond motifs is 1. The first-order chi connectivity index (χ1) is 14.3. The van der Waals surface area contributed by atoms with E-state index in [2.05, 4.69) is 9.97 Å². The van der Waals surface area contributed by atoms with Crippen molar-refractivity contribution < 1.29 is 22.4 Å². The van der Waals surface area contributed by atoms with Crippen LogP contribution < -0.4 is 4.90 Å². The van der Waals surface area contributed by atoms with Crippen LogP contribution in [0.15, 0.2) is 48.5 Å². The fourth-order valence-corrected chi connectivity index (χ4v) is 3.54. The van der Waals surface area contributed by atoms with Crippen LogP contribution in [0.25, 0.3) is 10.9 Å². The number of anilines is 1. The zero-order valence-corrected chi connectivity index (χ0v) is 15.9. The summed E-state index contributed by atoms with van der Waals surface area (Å²) < 4.78 is 53.0. The number of rotatable bonds is 2. The topological polar surface area (TPSA) is 49.3 Å². The number of alkyl halides is 3. The van der Waals surface area contributed by atoms with Gasteiger partial charge in [-0.3, -0.25) is 4.79 Å². The molecule has 0 radical (unpaired) electrons. The second kappa shape index (κ2) is 7.89. The van der Waals surface area contributed by atoms with Crippen molar-refractivity contribution in [1.82, 2.24) is 14.9 Å². The van der Waals surface area contributed by atoms with Crippen LogP contribution in [0.1, 0.15) is 22.6 Å². The van der Waals surface area contributed by atoms with Crippen LogP contribution in [0.3, 0.4) is 0 Å². The van der Waals surface area contributed by atoms with E-state index >= 15 is 0 Å². The van der Waals surface area contributed by atoms with Gasteiger partial charge in [0.1, 0.15) is 11.6 Å². The first kappa shape index (κ1) is 20.1. The number of nitrogens with zero attached hydrogens (tertiary/aromatic N) is 4. The van der Waals surface area contributed by atoms with Crippen LogP contribution in [-0.4, -0.2) is 47.0 Å². The molecule has 2 heterocycles. The number of hydrogen-bond acceptors (Lipinski definition) is 4. The van der Waals surface area contributed by atoms with Crippen LogP contribution in [0, 0.1) is 5.82 Å². The highest BCUT2D eigenvalue weighted by molar-refractivity contribution is 5.94. The summed E-state index contributed by atoms with van der Waals surface area (Å²) in [6.45, 7) is 1.54. The largest absolute Gasteiger partial charge is 0.451 e. The zero-order chi connectivity index (χ0) is 21.3. The lowest BCUT2D eigenvalue weighted by atomic mass is 10.2. The summed E-state index contributed by atoms with van der Waals surface area (Å²) >= 11 is 0. The number of carbonyl (C=O) groups is 1. The Hall–Kier alpha value is -3.23. The maximum atomic E-state index is 13.3. The van der Waals surface area contributed by atoms with Gasteiger partial charge >= 0.3 is 6.18 Å². The van der Waals surface area contributed by atoms with Crippen molar-refractivity contribution in [2.75, 3.05) is 31.1 Å². The van der Waals surface area contributed by atoms with E-state index in [1.165, 1.54) is 30.3 Å². The molecule has 2 aromatic carbocycles. The fourth-order valence-electron chi connectivity index (χ4n) is 3.54. The Morgan fingerprint density at radius 2 is 1.63 bits per heavy atom. The van der Waals surface area contributed by atoms with E-state index < -0.39 is 17.8 Å². The standard InChI is InChI=1S/C21H18F4N4O/c22-15-8-6-14(7-9-15)19(30)29-11-3-10-28(12-13-29)18-16-4-1-2-5-17(16)26-20(27-18)21(23,24)25/h1-2,4-9H,3,10-13H2. The second-order valence-corrected chi connectivity index (χ2v) is 7.03. The van der Waals surface area contributed by atoms with E-state index in [0.29, 0.717) is 43.5 Å². The van der Waals surface area contributed by atoms with Gasteiger partial charge in [-0.05, 0) is 42.8 Å². The van der Waals surface area contributed by atoms with Crippen LogP contribution in [-0.2, 0) is 6.18 Å². The maximum Gasteiger partial charge on any atom is 0.451 e. The van der Waals surface area contributed by atoms with Crippen molar-refractivity contribution in [3.63, 3.8) is 0 Å². The van der Waals surface area contributed by atoms with E-state index in [9.17, 15) is 22.4 Å². The maximum absolute atomic E-state index is 13.3. The van der Waals surface area contributed by atoms with E-state index in [1.54, 1.807) is 28.0 Å². The Labute approximate surface area is 170 Å². The summed E-state index contributed by atoms with van der Waals surface area (Å²) in [5.74, 6) is -1.63. The van der Waals surface area contributed by atoms with Gasteiger partial charge in [-0.15, -0.1) is 0 Å². The zero-order valence-electron chi connectivity index (χ0n) is 15.9. The van der Waals surface area contributed by atoms with E-state index in [1.807, 2.05) is 0 Å². The van der Waals surface area contributed by atoms with Gasteiger partial charge in [0.25, 0.3) is 5.91 Å². The monoisotopic (exact) mass is 418 g/mol. The van der Waals surface area contributed by atoms with Gasteiger partial charge in [0.05, 0.1) is 5.52 Å². The summed E-state index contributed by atoms with van der Waals surface area (Å²) in [6, 6.07) is 11.9. The molecule has 3 aromatic rings. The van der Waals surface area contributed by atoms with Gasteiger partial charge in [-0.1, -0.05) is 12.1 Å². The lowest BCUT2D eigenvalue weighted by Crippen LogP contribution is -2.35. The van der Waals surface area contributed by atoms with Gasteiger partial charge in [0.2, 0.25) is 5.82 Å². The highest BCUT2D eigenvalue weighted by atomic mass is 19.4. The molecular formula is C21H18F4N4O. The molecule has 0 unspecified atom stereocenters. The molecule has 4 rings (SSSR count). The quantitative estimate of drug-likeness (QED) is 0.587. The van der Waals surface area contributed by atoms with Crippen LogP contribution in [0.4, 0.5) is 23.4 Å². The minimum Gasteiger partial charge on any atom is -0.354 e. The molecule has 156 valence electrons. The Bertz CT molecular complexity index is 1070. The summed E-state index contributed by atoms with van der Waals surface area (Å²) in [4.78, 5) is 23.6. The third-order valence-electron chi connectivity index (χ3n) is 5.01. The van der Waals surface area contributed by atoms with Crippen molar-refractivity contribution >= 4 is 22.6 Å². The minimum absolute atomic E-state index is 0.212. The molecule has 1 saturated heterocycles. The van der Waals surface area contributed by atoms with Crippen LogP contribution >= 0.6 is 0 Å². The number of amides is 1. The van der Waals surface area contributed by atoms with E-state index in [-0.39, 0.29) is 17.2 Å². The van der Waals surface area contributed by atoms with Crippen molar-refractivity contribution in [1.29, 1.82) is 0 Å². The van der Waals surface area contributed by atoms with Crippen LogP contribution in [0.5, 0.6) is 0 Å². The molecular weight excluding hydrogens is 400 g/mol. The lowest BCUT2D eigenvalue weighted by molar-refractivity contribution is -0.144. The van der Waals surface area contributed by atoms with Crippen molar-refractivity contribution in [3.05, 3.63) is 65.7 Å². The highest BCUT2D eigenvalue weighted by Crippen LogP contribution is 2.32. The summed E-state index contributed by atoms with van der Waals surface area (Å²) in [5, 5.41) is 0.531. The molecule has 30 heavy (non-hydrogen) atoms. The molecule has 1 aliphatic heterocycles. The number of halogens is 4. The number of benzene rings is 2. The van der Waals surface area contributed by atoms with Crippen molar-refractivity contribution in [3.8, 4) is 0 Å². The summed E-state index contributed by atoms with van der Waals surface area (Å²) in [7, 11) is 0. The highest BCUT2D eigenvalue weighted by Gasteiger charge is 2.36. The molecule has 0 spiro atoms. The molecule has 1 fully saturated rings. The number of aromatic nitrogens is 2. The van der Waals surface area contributed by atoms with Gasteiger partial charge in [-0.25, -0.2) is 14.4 Å². The van der Waals surface area contributed by atoms with Gasteiger partial charge in [0.15, 0.2) is 0 Å². The summed E-state index contributed by atoms with van der Waals surface area (Å²) in [6.07, 6.45) is -4.10. The van der Waals surface area contributed by atoms with Gasteiger partial charge < -0.3 is 9.80 Å². The molecule has 1 amide bonds. The normalized spacial score (nSPS) is 15.3. The predicted octanol–water partition coefficient (Wildman–Crippen LogP) is 4.14. The Morgan fingerprint density at radius 3 is 2.37 bits per heavy atom. The Morgan fingerprint density at radius 1 is 0.900 bits per heavy atom. The molecule has 0 aliphatic carbocycles. The fraction of sp³-hybridized carbons (Fsp3) is 0.286. The third-order valence-corrected chi connectivity index (χ3v) is 5.01. The third kappa shape index (κ3) is 4.05. The van der Waals surface area contributed by atoms with Gasteiger partial charge in [0, 0.05) is 37.1 Å². The number of para-hydroxylation sites is 1. The van der Waals surface area contributed by atoms with E-state index in [4.69, 9.17) is 0 Å². The molecule has 1 aromatic heterocycles. The average molecular weight is 418 g/mol. The summed E-state index contributed by atoms with van der Waals surface area (Å²) in [5.41, 5.74) is 0.593. The Balaban J connectivity index is 1.61. The SMILES string of the molecule is O=C(c1ccc(F)cc1)N1CCCN(c2nc(C(F)(F)F)nc3ccccc23)CC1. The molecule has 1 aliphatic rings.